The summed E-state index contributed by atoms with van der Waals surface area (Å²) in [5.41, 5.74) is 0.819. The van der Waals surface area contributed by atoms with Crippen LogP contribution in [0.3, 0.4) is 0 Å². The fourth-order valence-corrected chi connectivity index (χ4v) is 3.16. The average Bonchev–Trinajstić information content (AvgIpc) is 2.17. The summed E-state index contributed by atoms with van der Waals surface area (Å²) in [7, 11) is 0. The van der Waals surface area contributed by atoms with E-state index in [0.717, 1.165) is 24.1 Å². The molecule has 0 spiro atoms. The van der Waals surface area contributed by atoms with Gasteiger partial charge in [-0.05, 0) is 38.1 Å². The first kappa shape index (κ1) is 10.2. The summed E-state index contributed by atoms with van der Waals surface area (Å²) >= 11 is 0. The highest BCUT2D eigenvalue weighted by Crippen LogP contribution is 2.35. The summed E-state index contributed by atoms with van der Waals surface area (Å²) in [4.78, 5) is 2.48. The van der Waals surface area contributed by atoms with Crippen LogP contribution in [0.4, 0.5) is 0 Å². The first-order valence-electron chi connectivity index (χ1n) is 6.02. The normalized spacial score (nSPS) is 33.8. The fraction of sp³-hybridized carbons (Fsp3) is 0.917. The van der Waals surface area contributed by atoms with Crippen molar-refractivity contribution >= 4 is 5.71 Å². The third kappa shape index (κ3) is 2.35. The molecule has 2 atom stereocenters. The number of hydrogen-bond donors (Lipinski definition) is 1. The zero-order valence-corrected chi connectivity index (χ0v) is 9.26. The van der Waals surface area contributed by atoms with Gasteiger partial charge in [-0.2, -0.15) is 0 Å². The molecule has 0 aromatic carbocycles. The first-order chi connectivity index (χ1) is 6.75. The Bertz CT molecular complexity index is 212. The van der Waals surface area contributed by atoms with Gasteiger partial charge in [0.25, 0.3) is 0 Å². The maximum absolute atomic E-state index is 7.52. The predicted molar refractivity (Wildman–Crippen MR) is 59.9 cm³/mol. The second kappa shape index (κ2) is 4.43. The Morgan fingerprint density at radius 1 is 1.21 bits per heavy atom. The van der Waals surface area contributed by atoms with Gasteiger partial charge in [0.2, 0.25) is 0 Å². The van der Waals surface area contributed by atoms with E-state index in [1.165, 1.54) is 45.2 Å². The Labute approximate surface area is 87.2 Å². The van der Waals surface area contributed by atoms with Crippen molar-refractivity contribution in [1.29, 1.82) is 5.41 Å². The molecule has 1 N–H and O–H groups in total. The summed E-state index contributed by atoms with van der Waals surface area (Å²) in [6, 6.07) is 0. The molecule has 0 aromatic rings. The van der Waals surface area contributed by atoms with Gasteiger partial charge >= 0.3 is 0 Å². The lowest BCUT2D eigenvalue weighted by Gasteiger charge is -2.41. The highest BCUT2D eigenvalue weighted by atomic mass is 15.1. The van der Waals surface area contributed by atoms with Crippen LogP contribution in [0.5, 0.6) is 0 Å². The molecule has 1 saturated carbocycles. The van der Waals surface area contributed by atoms with E-state index < -0.39 is 0 Å². The van der Waals surface area contributed by atoms with Crippen LogP contribution >= 0.6 is 0 Å². The molecule has 1 saturated heterocycles. The molecule has 0 bridgehead atoms. The molecule has 1 heterocycles. The Balaban J connectivity index is 1.86. The van der Waals surface area contributed by atoms with Gasteiger partial charge in [-0.25, -0.2) is 0 Å². The maximum atomic E-state index is 7.52. The second-order valence-corrected chi connectivity index (χ2v) is 5.11. The quantitative estimate of drug-likeness (QED) is 0.672. The smallest absolute Gasteiger partial charge is 0.0358 e. The lowest BCUT2D eigenvalue weighted by molar-refractivity contribution is 0.0976. The van der Waals surface area contributed by atoms with Gasteiger partial charge in [0.15, 0.2) is 0 Å². The molecule has 80 valence electrons. The third-order valence-electron chi connectivity index (χ3n) is 3.84. The molecule has 0 radical (unpaired) electrons. The Kier molecular flexibility index (Phi) is 3.22. The van der Waals surface area contributed by atoms with Crippen LogP contribution in [0.1, 0.15) is 39.0 Å². The SMILES string of the molecule is CC(=N)CN1CCC2CCCCC2C1. The van der Waals surface area contributed by atoms with E-state index in [0.29, 0.717) is 0 Å². The number of fused-ring (bicyclic) bond motifs is 1. The fourth-order valence-electron chi connectivity index (χ4n) is 3.16. The van der Waals surface area contributed by atoms with E-state index in [4.69, 9.17) is 5.41 Å². The van der Waals surface area contributed by atoms with Gasteiger partial charge < -0.3 is 5.41 Å². The minimum Gasteiger partial charge on any atom is -0.309 e. The first-order valence-corrected chi connectivity index (χ1v) is 6.02. The molecule has 2 aliphatic rings. The molecule has 2 rings (SSSR count). The van der Waals surface area contributed by atoms with Gasteiger partial charge in [-0.3, -0.25) is 4.90 Å². The Hall–Kier alpha value is -0.370. The van der Waals surface area contributed by atoms with Gasteiger partial charge in [-0.1, -0.05) is 19.3 Å². The molecular weight excluding hydrogens is 172 g/mol. The average molecular weight is 194 g/mol. The van der Waals surface area contributed by atoms with Crippen molar-refractivity contribution in [2.45, 2.75) is 39.0 Å². The molecule has 2 heteroatoms. The van der Waals surface area contributed by atoms with E-state index in [-0.39, 0.29) is 0 Å². The van der Waals surface area contributed by atoms with E-state index >= 15 is 0 Å². The van der Waals surface area contributed by atoms with Crippen LogP contribution in [0.2, 0.25) is 0 Å². The van der Waals surface area contributed by atoms with E-state index in [9.17, 15) is 0 Å². The molecule has 0 amide bonds. The topological polar surface area (TPSA) is 27.1 Å². The molecule has 2 nitrogen and oxygen atoms in total. The molecular formula is C12H22N2. The van der Waals surface area contributed by atoms with Crippen molar-refractivity contribution in [3.63, 3.8) is 0 Å². The van der Waals surface area contributed by atoms with Crippen molar-refractivity contribution < 1.29 is 0 Å². The number of nitrogens with zero attached hydrogens (tertiary/aromatic N) is 1. The van der Waals surface area contributed by atoms with Gasteiger partial charge in [0, 0.05) is 18.8 Å². The summed E-state index contributed by atoms with van der Waals surface area (Å²) in [5, 5.41) is 7.52. The van der Waals surface area contributed by atoms with Crippen LogP contribution in [0, 0.1) is 17.2 Å². The van der Waals surface area contributed by atoms with Crippen molar-refractivity contribution in [3.05, 3.63) is 0 Å². The zero-order valence-electron chi connectivity index (χ0n) is 9.26. The molecule has 1 aliphatic carbocycles. The largest absolute Gasteiger partial charge is 0.309 e. The second-order valence-electron chi connectivity index (χ2n) is 5.11. The highest BCUT2D eigenvalue weighted by molar-refractivity contribution is 5.80. The minimum absolute atomic E-state index is 0.819. The van der Waals surface area contributed by atoms with E-state index in [2.05, 4.69) is 4.90 Å². The molecule has 2 unspecified atom stereocenters. The zero-order chi connectivity index (χ0) is 9.97. The summed E-state index contributed by atoms with van der Waals surface area (Å²) in [6.45, 7) is 5.33. The van der Waals surface area contributed by atoms with Gasteiger partial charge in [0.1, 0.15) is 0 Å². The van der Waals surface area contributed by atoms with Gasteiger partial charge in [0.05, 0.1) is 0 Å². The van der Waals surface area contributed by atoms with Crippen LogP contribution in [-0.2, 0) is 0 Å². The number of rotatable bonds is 2. The monoisotopic (exact) mass is 194 g/mol. The summed E-state index contributed by atoms with van der Waals surface area (Å²) in [6.07, 6.45) is 7.21. The van der Waals surface area contributed by atoms with Crippen LogP contribution in [0.25, 0.3) is 0 Å². The number of hydrogen-bond acceptors (Lipinski definition) is 2. The number of nitrogens with one attached hydrogen (secondary N) is 1. The van der Waals surface area contributed by atoms with E-state index in [1.807, 2.05) is 6.92 Å². The van der Waals surface area contributed by atoms with Crippen LogP contribution in [-0.4, -0.2) is 30.2 Å². The van der Waals surface area contributed by atoms with Crippen molar-refractivity contribution in [2.75, 3.05) is 19.6 Å². The predicted octanol–water partition coefficient (Wildman–Crippen LogP) is 2.54. The molecule has 14 heavy (non-hydrogen) atoms. The van der Waals surface area contributed by atoms with Crippen LogP contribution in [0.15, 0.2) is 0 Å². The molecule has 0 aromatic heterocycles. The minimum atomic E-state index is 0.819. The number of likely N-dealkylation sites (tertiary alicyclic amines) is 1. The van der Waals surface area contributed by atoms with Crippen molar-refractivity contribution in [1.82, 2.24) is 4.90 Å². The van der Waals surface area contributed by atoms with Gasteiger partial charge in [-0.15, -0.1) is 0 Å². The van der Waals surface area contributed by atoms with Crippen molar-refractivity contribution in [2.24, 2.45) is 11.8 Å². The van der Waals surface area contributed by atoms with Crippen molar-refractivity contribution in [3.8, 4) is 0 Å². The summed E-state index contributed by atoms with van der Waals surface area (Å²) in [5.74, 6) is 1.97. The number of piperidine rings is 1. The lowest BCUT2D eigenvalue weighted by atomic mass is 9.75. The lowest BCUT2D eigenvalue weighted by Crippen LogP contribution is -2.43. The molecule has 2 fully saturated rings. The Morgan fingerprint density at radius 3 is 2.64 bits per heavy atom. The van der Waals surface area contributed by atoms with Crippen LogP contribution < -0.4 is 0 Å². The Morgan fingerprint density at radius 2 is 1.93 bits per heavy atom. The highest BCUT2D eigenvalue weighted by Gasteiger charge is 2.30. The third-order valence-corrected chi connectivity index (χ3v) is 3.84. The molecule has 1 aliphatic heterocycles. The standard InChI is InChI=1S/C12H22N2/c1-10(13)8-14-7-6-11-4-2-3-5-12(11)9-14/h11-13H,2-9H2,1H3. The van der Waals surface area contributed by atoms with E-state index in [1.54, 1.807) is 0 Å². The maximum Gasteiger partial charge on any atom is 0.0358 e. The summed E-state index contributed by atoms with van der Waals surface area (Å²) < 4.78 is 0.